The van der Waals surface area contributed by atoms with Crippen LogP contribution in [0.5, 0.6) is 0 Å². The van der Waals surface area contributed by atoms with Crippen LogP contribution >= 0.6 is 0 Å². The summed E-state index contributed by atoms with van der Waals surface area (Å²) in [5, 5.41) is 5.46. The van der Waals surface area contributed by atoms with Crippen molar-refractivity contribution < 1.29 is 4.79 Å². The summed E-state index contributed by atoms with van der Waals surface area (Å²) in [5.41, 5.74) is 0.540. The Morgan fingerprint density at radius 2 is 1.83 bits per heavy atom. The van der Waals surface area contributed by atoms with Crippen LogP contribution in [0.15, 0.2) is 36.5 Å². The van der Waals surface area contributed by atoms with Crippen LogP contribution in [0.3, 0.4) is 0 Å². The Morgan fingerprint density at radius 3 is 2.57 bits per heavy atom. The maximum absolute atomic E-state index is 12.7. The highest BCUT2D eigenvalue weighted by Crippen LogP contribution is 2.43. The molecule has 2 aromatic rings. The topological polar surface area (TPSA) is 45.2 Å². The van der Waals surface area contributed by atoms with Gasteiger partial charge in [-0.25, -0.2) is 0 Å². The van der Waals surface area contributed by atoms with E-state index in [1.165, 1.54) is 19.4 Å². The Morgan fingerprint density at radius 1 is 1.09 bits per heavy atom. The van der Waals surface area contributed by atoms with E-state index in [9.17, 15) is 4.79 Å². The standard InChI is InChI=1S/C19H21N3O/c23-19(17-7-13-3-1-2-4-14(13)8-20-17)21-18-15-5-12-6-16(18)11-22(9-12)10-15/h1-4,7-8,12,15-16,18H,5-6,9-11H2,(H,21,23)/t12?,15-,16+,18?. The first-order chi connectivity index (χ1) is 11.3. The highest BCUT2D eigenvalue weighted by Gasteiger charge is 2.47. The number of aromatic nitrogens is 1. The summed E-state index contributed by atoms with van der Waals surface area (Å²) in [4.78, 5) is 19.6. The van der Waals surface area contributed by atoms with Gasteiger partial charge in [0.15, 0.2) is 0 Å². The third-order valence-corrected chi connectivity index (χ3v) is 5.95. The number of fused-ring (bicyclic) bond motifs is 1. The van der Waals surface area contributed by atoms with Crippen molar-refractivity contribution in [3.05, 3.63) is 42.2 Å². The number of nitrogens with one attached hydrogen (secondary N) is 1. The van der Waals surface area contributed by atoms with Crippen molar-refractivity contribution in [2.75, 3.05) is 19.6 Å². The highest BCUT2D eigenvalue weighted by molar-refractivity contribution is 5.96. The molecule has 4 nitrogen and oxygen atoms in total. The molecule has 1 aromatic heterocycles. The number of hydrogen-bond acceptors (Lipinski definition) is 3. The number of piperidine rings is 3. The van der Waals surface area contributed by atoms with Crippen molar-refractivity contribution >= 4 is 16.7 Å². The van der Waals surface area contributed by atoms with Crippen LogP contribution in [-0.4, -0.2) is 41.5 Å². The lowest BCUT2D eigenvalue weighted by atomic mass is 9.65. The van der Waals surface area contributed by atoms with Crippen LogP contribution in [0.25, 0.3) is 10.8 Å². The second-order valence-electron chi connectivity index (χ2n) is 7.49. The van der Waals surface area contributed by atoms with Crippen LogP contribution in [0, 0.1) is 17.8 Å². The maximum atomic E-state index is 12.7. The van der Waals surface area contributed by atoms with Crippen LogP contribution in [-0.2, 0) is 0 Å². The number of amides is 1. The van der Waals surface area contributed by atoms with Gasteiger partial charge in [0.2, 0.25) is 0 Å². The smallest absolute Gasteiger partial charge is 0.270 e. The van der Waals surface area contributed by atoms with Gasteiger partial charge in [-0.05, 0) is 42.0 Å². The minimum absolute atomic E-state index is 0.0109. The predicted octanol–water partition coefficient (Wildman–Crippen LogP) is 2.30. The molecular formula is C19H21N3O. The van der Waals surface area contributed by atoms with E-state index in [-0.39, 0.29) is 5.91 Å². The van der Waals surface area contributed by atoms with Gasteiger partial charge in [0.25, 0.3) is 5.91 Å². The summed E-state index contributed by atoms with van der Waals surface area (Å²) in [7, 11) is 0. The lowest BCUT2D eigenvalue weighted by Crippen LogP contribution is -2.64. The normalized spacial score (nSPS) is 34.7. The summed E-state index contributed by atoms with van der Waals surface area (Å²) >= 11 is 0. The van der Waals surface area contributed by atoms with Gasteiger partial charge < -0.3 is 10.2 Å². The molecule has 0 radical (unpaired) electrons. The van der Waals surface area contributed by atoms with E-state index in [4.69, 9.17) is 0 Å². The molecule has 1 aromatic carbocycles. The monoisotopic (exact) mass is 307 g/mol. The molecule has 3 saturated heterocycles. The van der Waals surface area contributed by atoms with E-state index in [2.05, 4.69) is 15.2 Å². The van der Waals surface area contributed by atoms with E-state index in [0.717, 1.165) is 29.8 Å². The zero-order valence-corrected chi connectivity index (χ0v) is 13.1. The predicted molar refractivity (Wildman–Crippen MR) is 89.1 cm³/mol. The van der Waals surface area contributed by atoms with E-state index in [0.29, 0.717) is 23.6 Å². The van der Waals surface area contributed by atoms with E-state index in [1.54, 1.807) is 6.20 Å². The molecule has 3 unspecified atom stereocenters. The van der Waals surface area contributed by atoms with E-state index in [1.807, 2.05) is 30.3 Å². The zero-order chi connectivity index (χ0) is 15.4. The van der Waals surface area contributed by atoms with Gasteiger partial charge in [-0.15, -0.1) is 0 Å². The van der Waals surface area contributed by atoms with Crippen LogP contribution in [0.4, 0.5) is 0 Å². The SMILES string of the molecule is O=C(NC1[C@@H]2CC3C[C@H]1CN(C3)C2)c1cc2ccccc2cn1. The third-order valence-electron chi connectivity index (χ3n) is 5.95. The first kappa shape index (κ1) is 13.5. The van der Waals surface area contributed by atoms with Crippen molar-refractivity contribution in [1.29, 1.82) is 0 Å². The summed E-state index contributed by atoms with van der Waals surface area (Å²) in [6, 6.07) is 10.3. The number of pyridine rings is 1. The maximum Gasteiger partial charge on any atom is 0.270 e. The second-order valence-corrected chi connectivity index (χ2v) is 7.49. The summed E-state index contributed by atoms with van der Waals surface area (Å²) < 4.78 is 0. The van der Waals surface area contributed by atoms with Crippen LogP contribution in [0.2, 0.25) is 0 Å². The molecule has 4 fully saturated rings. The van der Waals surface area contributed by atoms with Gasteiger partial charge in [0.05, 0.1) is 0 Å². The van der Waals surface area contributed by atoms with Gasteiger partial charge >= 0.3 is 0 Å². The lowest BCUT2D eigenvalue weighted by molar-refractivity contribution is -0.0419. The largest absolute Gasteiger partial charge is 0.347 e. The van der Waals surface area contributed by atoms with E-state index >= 15 is 0 Å². The van der Waals surface area contributed by atoms with Crippen molar-refractivity contribution in [2.24, 2.45) is 17.8 Å². The van der Waals surface area contributed by atoms with E-state index < -0.39 is 0 Å². The quantitative estimate of drug-likeness (QED) is 0.926. The summed E-state index contributed by atoms with van der Waals surface area (Å²) in [5.74, 6) is 2.11. The molecule has 23 heavy (non-hydrogen) atoms. The first-order valence-electron chi connectivity index (χ1n) is 8.64. The molecule has 3 aliphatic heterocycles. The molecule has 1 amide bonds. The summed E-state index contributed by atoms with van der Waals surface area (Å²) in [6.07, 6.45) is 4.36. The minimum Gasteiger partial charge on any atom is -0.347 e. The zero-order valence-electron chi connectivity index (χ0n) is 13.1. The molecule has 4 heterocycles. The number of benzene rings is 1. The van der Waals surface area contributed by atoms with Crippen molar-refractivity contribution in [2.45, 2.75) is 18.9 Å². The van der Waals surface area contributed by atoms with Crippen molar-refractivity contribution in [3.8, 4) is 0 Å². The molecule has 6 rings (SSSR count). The Bertz CT molecular complexity index is 744. The Balaban J connectivity index is 1.38. The summed E-state index contributed by atoms with van der Waals surface area (Å²) in [6.45, 7) is 3.59. The number of carbonyl (C=O) groups excluding carboxylic acids is 1. The number of carbonyl (C=O) groups is 1. The average molecular weight is 307 g/mol. The van der Waals surface area contributed by atoms with Gasteiger partial charge in [-0.3, -0.25) is 9.78 Å². The minimum atomic E-state index is -0.0109. The number of nitrogens with zero attached hydrogens (tertiary/aromatic N) is 2. The Kier molecular flexibility index (Phi) is 2.95. The average Bonchev–Trinajstić information content (AvgIpc) is 2.57. The van der Waals surface area contributed by atoms with Gasteiger partial charge in [-0.2, -0.15) is 0 Å². The molecule has 1 aliphatic carbocycles. The van der Waals surface area contributed by atoms with Crippen LogP contribution in [0.1, 0.15) is 23.3 Å². The molecule has 4 bridgehead atoms. The molecule has 4 aliphatic rings. The van der Waals surface area contributed by atoms with Gasteiger partial charge in [0.1, 0.15) is 5.69 Å². The molecule has 1 saturated carbocycles. The fourth-order valence-electron chi connectivity index (χ4n) is 5.08. The third kappa shape index (κ3) is 2.24. The van der Waals surface area contributed by atoms with Crippen molar-refractivity contribution in [1.82, 2.24) is 15.2 Å². The molecular weight excluding hydrogens is 286 g/mol. The Hall–Kier alpha value is -1.94. The highest BCUT2D eigenvalue weighted by atomic mass is 16.1. The molecule has 0 spiro atoms. The number of hydrogen-bond donors (Lipinski definition) is 1. The molecule has 5 atom stereocenters. The number of rotatable bonds is 2. The van der Waals surface area contributed by atoms with Crippen LogP contribution < -0.4 is 5.32 Å². The lowest BCUT2D eigenvalue weighted by Gasteiger charge is -2.55. The molecule has 1 N–H and O–H groups in total. The fraction of sp³-hybridized carbons (Fsp3) is 0.474. The fourth-order valence-corrected chi connectivity index (χ4v) is 5.08. The Labute approximate surface area is 135 Å². The van der Waals surface area contributed by atoms with Crippen molar-refractivity contribution in [3.63, 3.8) is 0 Å². The molecule has 4 heteroatoms. The van der Waals surface area contributed by atoms with Gasteiger partial charge in [0, 0.05) is 37.3 Å². The first-order valence-corrected chi connectivity index (χ1v) is 8.64. The second kappa shape index (κ2) is 5.03. The van der Waals surface area contributed by atoms with Gasteiger partial charge in [-0.1, -0.05) is 24.3 Å². The molecule has 118 valence electrons.